The van der Waals surface area contributed by atoms with Gasteiger partial charge in [-0.15, -0.1) is 0 Å². The Morgan fingerprint density at radius 3 is 3.06 bits per heavy atom. The normalized spacial score (nSPS) is 23.4. The first-order chi connectivity index (χ1) is 8.79. The molecule has 2 nitrogen and oxygen atoms in total. The minimum Gasteiger partial charge on any atom is -0.372 e. The van der Waals surface area contributed by atoms with Crippen LogP contribution in [0.4, 0.5) is 0 Å². The van der Waals surface area contributed by atoms with Crippen molar-refractivity contribution in [2.45, 2.75) is 51.4 Å². The van der Waals surface area contributed by atoms with E-state index in [4.69, 9.17) is 16.3 Å². The number of nitrogens with one attached hydrogen (secondary N) is 1. The minimum absolute atomic E-state index is 0.357. The summed E-state index contributed by atoms with van der Waals surface area (Å²) in [4.78, 5) is 0. The molecule has 18 heavy (non-hydrogen) atoms. The molecule has 0 saturated heterocycles. The molecule has 1 aromatic carbocycles. The van der Waals surface area contributed by atoms with E-state index in [1.165, 1.54) is 25.7 Å². The van der Waals surface area contributed by atoms with Gasteiger partial charge in [-0.25, -0.2) is 0 Å². The molecule has 0 heterocycles. The average molecular weight is 268 g/mol. The van der Waals surface area contributed by atoms with Gasteiger partial charge in [0.05, 0.1) is 12.7 Å². The maximum absolute atomic E-state index is 6.03. The van der Waals surface area contributed by atoms with Crippen LogP contribution < -0.4 is 5.32 Å². The predicted molar refractivity (Wildman–Crippen MR) is 76.0 cm³/mol. The monoisotopic (exact) mass is 267 g/mol. The molecule has 1 fully saturated rings. The fraction of sp³-hybridized carbons (Fsp3) is 0.600. The first kappa shape index (κ1) is 13.9. The maximum Gasteiger partial charge on any atom is 0.0732 e. The molecule has 3 heteroatoms. The first-order valence-electron chi connectivity index (χ1n) is 6.89. The lowest BCUT2D eigenvalue weighted by molar-refractivity contribution is 0.0280. The topological polar surface area (TPSA) is 21.3 Å². The van der Waals surface area contributed by atoms with Gasteiger partial charge in [0.15, 0.2) is 0 Å². The van der Waals surface area contributed by atoms with Crippen molar-refractivity contribution in [3.63, 3.8) is 0 Å². The van der Waals surface area contributed by atoms with E-state index in [0.717, 1.165) is 17.1 Å². The van der Waals surface area contributed by atoms with Crippen LogP contribution in [0.15, 0.2) is 24.3 Å². The number of benzene rings is 1. The van der Waals surface area contributed by atoms with Crippen molar-refractivity contribution in [3.8, 4) is 0 Å². The zero-order valence-corrected chi connectivity index (χ0v) is 11.7. The number of hydrogen-bond acceptors (Lipinski definition) is 2. The third kappa shape index (κ3) is 3.98. The van der Waals surface area contributed by atoms with E-state index in [2.05, 4.69) is 18.3 Å². The Hall–Kier alpha value is -0.570. The van der Waals surface area contributed by atoms with Gasteiger partial charge in [0.25, 0.3) is 0 Å². The van der Waals surface area contributed by atoms with Gasteiger partial charge in [-0.05, 0) is 49.9 Å². The molecule has 0 spiro atoms. The largest absolute Gasteiger partial charge is 0.372 e. The van der Waals surface area contributed by atoms with Crippen LogP contribution in [-0.2, 0) is 11.3 Å². The van der Waals surface area contributed by atoms with Crippen LogP contribution in [0.25, 0.3) is 0 Å². The van der Waals surface area contributed by atoms with Gasteiger partial charge in [-0.2, -0.15) is 0 Å². The Balaban J connectivity index is 1.81. The van der Waals surface area contributed by atoms with Gasteiger partial charge in [-0.1, -0.05) is 30.7 Å². The highest BCUT2D eigenvalue weighted by Crippen LogP contribution is 2.23. The number of hydrogen-bond donors (Lipinski definition) is 1. The fourth-order valence-corrected chi connectivity index (χ4v) is 2.73. The smallest absolute Gasteiger partial charge is 0.0732 e. The molecule has 1 aromatic rings. The number of ether oxygens (including phenoxy) is 1. The second-order valence-electron chi connectivity index (χ2n) is 4.97. The minimum atomic E-state index is 0.357. The van der Waals surface area contributed by atoms with Gasteiger partial charge in [-0.3, -0.25) is 0 Å². The summed E-state index contributed by atoms with van der Waals surface area (Å²) in [5, 5.41) is 4.36. The van der Waals surface area contributed by atoms with Gasteiger partial charge in [0, 0.05) is 11.1 Å². The predicted octanol–water partition coefficient (Wildman–Crippen LogP) is 3.78. The molecule has 0 amide bonds. The van der Waals surface area contributed by atoms with Gasteiger partial charge < -0.3 is 10.1 Å². The van der Waals surface area contributed by atoms with E-state index in [1.807, 2.05) is 18.2 Å². The Morgan fingerprint density at radius 2 is 2.28 bits per heavy atom. The van der Waals surface area contributed by atoms with Crippen molar-refractivity contribution in [2.24, 2.45) is 0 Å². The standard InChI is InChI=1S/C15H22ClNO/c1-2-9-17-14-7-4-8-15(14)18-11-12-5-3-6-13(16)10-12/h3,5-6,10,14-15,17H,2,4,7-9,11H2,1H3. The Morgan fingerprint density at radius 1 is 1.39 bits per heavy atom. The van der Waals surface area contributed by atoms with E-state index in [9.17, 15) is 0 Å². The highest BCUT2D eigenvalue weighted by Gasteiger charge is 2.27. The summed E-state index contributed by atoms with van der Waals surface area (Å²) in [5.41, 5.74) is 1.16. The van der Waals surface area contributed by atoms with Crippen molar-refractivity contribution < 1.29 is 4.74 Å². The second-order valence-corrected chi connectivity index (χ2v) is 5.41. The summed E-state index contributed by atoms with van der Waals surface area (Å²) < 4.78 is 6.03. The second kappa shape index (κ2) is 7.13. The summed E-state index contributed by atoms with van der Waals surface area (Å²) in [6, 6.07) is 8.44. The van der Waals surface area contributed by atoms with E-state index in [-0.39, 0.29) is 0 Å². The quantitative estimate of drug-likeness (QED) is 0.847. The lowest BCUT2D eigenvalue weighted by atomic mass is 10.2. The fourth-order valence-electron chi connectivity index (χ4n) is 2.52. The van der Waals surface area contributed by atoms with E-state index in [0.29, 0.717) is 18.8 Å². The van der Waals surface area contributed by atoms with Gasteiger partial charge in [0.1, 0.15) is 0 Å². The van der Waals surface area contributed by atoms with Gasteiger partial charge in [0.2, 0.25) is 0 Å². The Labute approximate surface area is 115 Å². The molecular formula is C15H22ClNO. The summed E-state index contributed by atoms with van der Waals surface area (Å²) in [6.45, 7) is 3.95. The molecule has 1 aliphatic carbocycles. The van der Waals surface area contributed by atoms with Crippen LogP contribution in [0.2, 0.25) is 5.02 Å². The Bertz CT molecular complexity index is 369. The molecule has 2 unspecified atom stereocenters. The van der Waals surface area contributed by atoms with E-state index >= 15 is 0 Å². The summed E-state index contributed by atoms with van der Waals surface area (Å²) in [7, 11) is 0. The van der Waals surface area contributed by atoms with Crippen LogP contribution in [0.1, 0.15) is 38.2 Å². The highest BCUT2D eigenvalue weighted by molar-refractivity contribution is 6.30. The van der Waals surface area contributed by atoms with E-state index < -0.39 is 0 Å². The number of rotatable bonds is 6. The summed E-state index contributed by atoms with van der Waals surface area (Å²) >= 11 is 5.97. The zero-order chi connectivity index (χ0) is 12.8. The van der Waals surface area contributed by atoms with Crippen molar-refractivity contribution in [3.05, 3.63) is 34.9 Å². The molecule has 1 aliphatic rings. The maximum atomic E-state index is 6.03. The summed E-state index contributed by atoms with van der Waals surface area (Å²) in [5.74, 6) is 0. The van der Waals surface area contributed by atoms with E-state index in [1.54, 1.807) is 0 Å². The third-order valence-electron chi connectivity index (χ3n) is 3.46. The van der Waals surface area contributed by atoms with Crippen molar-refractivity contribution in [1.82, 2.24) is 5.32 Å². The first-order valence-corrected chi connectivity index (χ1v) is 7.27. The van der Waals surface area contributed by atoms with Crippen LogP contribution in [0.3, 0.4) is 0 Å². The van der Waals surface area contributed by atoms with Crippen molar-refractivity contribution in [2.75, 3.05) is 6.54 Å². The molecule has 0 bridgehead atoms. The Kier molecular flexibility index (Phi) is 5.48. The zero-order valence-electron chi connectivity index (χ0n) is 11.0. The molecule has 0 radical (unpaired) electrons. The molecule has 2 rings (SSSR count). The lowest BCUT2D eigenvalue weighted by Crippen LogP contribution is -2.37. The average Bonchev–Trinajstić information content (AvgIpc) is 2.81. The summed E-state index contributed by atoms with van der Waals surface area (Å²) in [6.07, 6.45) is 5.21. The van der Waals surface area contributed by atoms with Crippen LogP contribution in [0.5, 0.6) is 0 Å². The molecule has 0 aliphatic heterocycles. The number of halogens is 1. The molecular weight excluding hydrogens is 246 g/mol. The SMILES string of the molecule is CCCNC1CCCC1OCc1cccc(Cl)c1. The molecule has 0 aromatic heterocycles. The molecule has 1 saturated carbocycles. The molecule has 1 N–H and O–H groups in total. The van der Waals surface area contributed by atoms with Crippen molar-refractivity contribution >= 4 is 11.6 Å². The molecule has 2 atom stereocenters. The highest BCUT2D eigenvalue weighted by atomic mass is 35.5. The molecule has 100 valence electrons. The third-order valence-corrected chi connectivity index (χ3v) is 3.70. The van der Waals surface area contributed by atoms with Crippen LogP contribution in [0, 0.1) is 0 Å². The van der Waals surface area contributed by atoms with Crippen LogP contribution >= 0.6 is 11.6 Å². The lowest BCUT2D eigenvalue weighted by Gasteiger charge is -2.21. The van der Waals surface area contributed by atoms with Crippen molar-refractivity contribution in [1.29, 1.82) is 0 Å². The van der Waals surface area contributed by atoms with Crippen LogP contribution in [-0.4, -0.2) is 18.7 Å². The van der Waals surface area contributed by atoms with Gasteiger partial charge >= 0.3 is 0 Å².